The third kappa shape index (κ3) is 5.42. The Morgan fingerprint density at radius 1 is 1.69 bits per heavy atom. The number of carbonyl (C=O) groups excluding carboxylic acids is 1. The van der Waals surface area contributed by atoms with Crippen molar-refractivity contribution in [2.75, 3.05) is 6.61 Å². The summed E-state index contributed by atoms with van der Waals surface area (Å²) in [4.78, 5) is 10.9. The second-order valence-electron chi connectivity index (χ2n) is 3.01. The van der Waals surface area contributed by atoms with E-state index in [1.54, 1.807) is 13.0 Å². The molecule has 0 bridgehead atoms. The maximum Gasteiger partial charge on any atom is 0.305 e. The zero-order valence-corrected chi connectivity index (χ0v) is 8.32. The van der Waals surface area contributed by atoms with Gasteiger partial charge in [-0.25, -0.2) is 0 Å². The smallest absolute Gasteiger partial charge is 0.305 e. The first-order valence-electron chi connectivity index (χ1n) is 4.58. The molecule has 0 aromatic rings. The molecule has 0 radical (unpaired) electrons. The quantitative estimate of drug-likeness (QED) is 0.505. The van der Waals surface area contributed by atoms with Crippen molar-refractivity contribution < 1.29 is 14.6 Å². The van der Waals surface area contributed by atoms with Gasteiger partial charge in [0.15, 0.2) is 0 Å². The van der Waals surface area contributed by atoms with E-state index in [1.807, 2.05) is 6.92 Å². The van der Waals surface area contributed by atoms with Crippen LogP contribution in [0.2, 0.25) is 0 Å². The van der Waals surface area contributed by atoms with Gasteiger partial charge < -0.3 is 9.84 Å². The van der Waals surface area contributed by atoms with E-state index in [9.17, 15) is 9.90 Å². The van der Waals surface area contributed by atoms with Crippen LogP contribution in [0, 0.1) is 5.92 Å². The molecule has 3 nitrogen and oxygen atoms in total. The summed E-state index contributed by atoms with van der Waals surface area (Å²) in [5, 5.41) is 9.46. The first-order chi connectivity index (χ1) is 6.11. The highest BCUT2D eigenvalue weighted by Gasteiger charge is 2.12. The van der Waals surface area contributed by atoms with E-state index in [-0.39, 0.29) is 18.3 Å². The molecule has 0 heterocycles. The van der Waals surface area contributed by atoms with Crippen molar-refractivity contribution in [1.82, 2.24) is 0 Å². The standard InChI is InChI=1S/C10H18O3/c1-4-8(3)9(11)6-7-10(12)13-5-2/h4,8-9,11H,1,5-7H2,2-3H3. The summed E-state index contributed by atoms with van der Waals surface area (Å²) in [5.41, 5.74) is 0. The van der Waals surface area contributed by atoms with Crippen LogP contribution in [0.3, 0.4) is 0 Å². The molecule has 0 aromatic carbocycles. The predicted octanol–water partition coefficient (Wildman–Crippen LogP) is 1.51. The first-order valence-corrected chi connectivity index (χ1v) is 4.58. The lowest BCUT2D eigenvalue weighted by molar-refractivity contribution is -0.143. The molecule has 2 atom stereocenters. The van der Waals surface area contributed by atoms with Crippen LogP contribution in [0.4, 0.5) is 0 Å². The molecule has 0 fully saturated rings. The lowest BCUT2D eigenvalue weighted by Gasteiger charge is -2.13. The van der Waals surface area contributed by atoms with Gasteiger partial charge in [-0.2, -0.15) is 0 Å². The fourth-order valence-corrected chi connectivity index (χ4v) is 0.919. The number of aliphatic hydroxyl groups is 1. The number of hydrogen-bond donors (Lipinski definition) is 1. The Kier molecular flexibility index (Phi) is 6.24. The topological polar surface area (TPSA) is 46.5 Å². The van der Waals surface area contributed by atoms with Gasteiger partial charge in [0.25, 0.3) is 0 Å². The summed E-state index contributed by atoms with van der Waals surface area (Å²) in [5.74, 6) is -0.229. The Bertz CT molecular complexity index is 166. The summed E-state index contributed by atoms with van der Waals surface area (Å²) in [7, 11) is 0. The molecule has 0 aromatic heterocycles. The molecule has 0 aliphatic rings. The SMILES string of the molecule is C=CC(C)C(O)CCC(=O)OCC. The zero-order valence-electron chi connectivity index (χ0n) is 8.32. The minimum atomic E-state index is -0.498. The highest BCUT2D eigenvalue weighted by Crippen LogP contribution is 2.10. The van der Waals surface area contributed by atoms with E-state index in [4.69, 9.17) is 4.74 Å². The summed E-state index contributed by atoms with van der Waals surface area (Å²) in [6.07, 6.45) is 1.89. The van der Waals surface area contributed by atoms with E-state index in [0.717, 1.165) is 0 Å². The van der Waals surface area contributed by atoms with Gasteiger partial charge in [-0.05, 0) is 19.3 Å². The van der Waals surface area contributed by atoms with Gasteiger partial charge in [-0.1, -0.05) is 13.0 Å². The van der Waals surface area contributed by atoms with Crippen molar-refractivity contribution in [3.63, 3.8) is 0 Å². The molecule has 0 rings (SSSR count). The minimum Gasteiger partial charge on any atom is -0.466 e. The van der Waals surface area contributed by atoms with Gasteiger partial charge in [-0.15, -0.1) is 6.58 Å². The van der Waals surface area contributed by atoms with Crippen molar-refractivity contribution in [2.45, 2.75) is 32.8 Å². The number of hydrogen-bond acceptors (Lipinski definition) is 3. The number of rotatable bonds is 6. The average molecular weight is 186 g/mol. The molecule has 0 amide bonds. The highest BCUT2D eigenvalue weighted by atomic mass is 16.5. The molecule has 0 aliphatic carbocycles. The molecule has 0 spiro atoms. The number of carbonyl (C=O) groups is 1. The molecular formula is C10H18O3. The van der Waals surface area contributed by atoms with Crippen LogP contribution in [-0.4, -0.2) is 23.8 Å². The van der Waals surface area contributed by atoms with Gasteiger partial charge in [0.05, 0.1) is 12.7 Å². The molecule has 76 valence electrons. The maximum atomic E-state index is 10.9. The minimum absolute atomic E-state index is 0.0226. The predicted molar refractivity (Wildman–Crippen MR) is 51.2 cm³/mol. The third-order valence-corrected chi connectivity index (χ3v) is 1.93. The van der Waals surface area contributed by atoms with Crippen molar-refractivity contribution in [3.05, 3.63) is 12.7 Å². The molecule has 0 aliphatic heterocycles. The fraction of sp³-hybridized carbons (Fsp3) is 0.700. The van der Waals surface area contributed by atoms with Gasteiger partial charge in [0.2, 0.25) is 0 Å². The second kappa shape index (κ2) is 6.66. The Balaban J connectivity index is 3.62. The Hall–Kier alpha value is -0.830. The van der Waals surface area contributed by atoms with E-state index in [2.05, 4.69) is 6.58 Å². The van der Waals surface area contributed by atoms with Crippen LogP contribution in [0.15, 0.2) is 12.7 Å². The van der Waals surface area contributed by atoms with Crippen molar-refractivity contribution in [3.8, 4) is 0 Å². The highest BCUT2D eigenvalue weighted by molar-refractivity contribution is 5.69. The van der Waals surface area contributed by atoms with Crippen LogP contribution in [0.1, 0.15) is 26.7 Å². The van der Waals surface area contributed by atoms with Crippen molar-refractivity contribution in [2.24, 2.45) is 5.92 Å². The van der Waals surface area contributed by atoms with Gasteiger partial charge >= 0.3 is 5.97 Å². The van der Waals surface area contributed by atoms with Crippen molar-refractivity contribution >= 4 is 5.97 Å². The molecule has 1 N–H and O–H groups in total. The summed E-state index contributed by atoms with van der Waals surface area (Å²) in [6, 6.07) is 0. The van der Waals surface area contributed by atoms with Crippen LogP contribution in [0.25, 0.3) is 0 Å². The van der Waals surface area contributed by atoms with E-state index in [1.165, 1.54) is 0 Å². The van der Waals surface area contributed by atoms with Crippen molar-refractivity contribution in [1.29, 1.82) is 0 Å². The summed E-state index contributed by atoms with van der Waals surface area (Å²) in [6.45, 7) is 7.59. The van der Waals surface area contributed by atoms with Crippen LogP contribution >= 0.6 is 0 Å². The number of aliphatic hydroxyl groups excluding tert-OH is 1. The Morgan fingerprint density at radius 3 is 2.77 bits per heavy atom. The summed E-state index contributed by atoms with van der Waals surface area (Å²) >= 11 is 0. The molecule has 2 unspecified atom stereocenters. The maximum absolute atomic E-state index is 10.9. The summed E-state index contributed by atoms with van der Waals surface area (Å²) < 4.78 is 4.73. The Morgan fingerprint density at radius 2 is 2.31 bits per heavy atom. The first kappa shape index (κ1) is 12.2. The molecule has 0 saturated heterocycles. The van der Waals surface area contributed by atoms with Gasteiger partial charge in [0.1, 0.15) is 0 Å². The third-order valence-electron chi connectivity index (χ3n) is 1.93. The van der Waals surface area contributed by atoms with Crippen LogP contribution in [0.5, 0.6) is 0 Å². The molecule has 3 heteroatoms. The fourth-order valence-electron chi connectivity index (χ4n) is 0.919. The van der Waals surface area contributed by atoms with Gasteiger partial charge in [-0.3, -0.25) is 4.79 Å². The zero-order chi connectivity index (χ0) is 10.3. The normalized spacial score (nSPS) is 14.7. The van der Waals surface area contributed by atoms with E-state index >= 15 is 0 Å². The Labute approximate surface area is 79.4 Å². The number of esters is 1. The lowest BCUT2D eigenvalue weighted by atomic mass is 10.0. The van der Waals surface area contributed by atoms with E-state index < -0.39 is 6.10 Å². The number of ether oxygens (including phenoxy) is 1. The molecule has 0 saturated carbocycles. The van der Waals surface area contributed by atoms with Gasteiger partial charge in [0, 0.05) is 6.42 Å². The second-order valence-corrected chi connectivity index (χ2v) is 3.01. The largest absolute Gasteiger partial charge is 0.466 e. The molecule has 13 heavy (non-hydrogen) atoms. The lowest BCUT2D eigenvalue weighted by Crippen LogP contribution is -2.17. The molecular weight excluding hydrogens is 168 g/mol. The van der Waals surface area contributed by atoms with Crippen LogP contribution < -0.4 is 0 Å². The van der Waals surface area contributed by atoms with E-state index in [0.29, 0.717) is 13.0 Å². The van der Waals surface area contributed by atoms with Crippen LogP contribution in [-0.2, 0) is 9.53 Å². The monoisotopic (exact) mass is 186 g/mol. The average Bonchev–Trinajstić information content (AvgIpc) is 2.13.